The molecule has 0 bridgehead atoms. The van der Waals surface area contributed by atoms with Crippen molar-refractivity contribution in [2.75, 3.05) is 37.6 Å². The number of pyridine rings is 1. The van der Waals surface area contributed by atoms with Gasteiger partial charge in [-0.3, -0.25) is 14.5 Å². The van der Waals surface area contributed by atoms with Crippen LogP contribution in [0.3, 0.4) is 0 Å². The van der Waals surface area contributed by atoms with Crippen molar-refractivity contribution in [1.29, 1.82) is 0 Å². The average Bonchev–Trinajstić information content (AvgIpc) is 3.75. The third-order valence-corrected chi connectivity index (χ3v) is 8.85. The van der Waals surface area contributed by atoms with Crippen molar-refractivity contribution in [1.82, 2.24) is 19.8 Å². The van der Waals surface area contributed by atoms with E-state index in [1.807, 2.05) is 32.2 Å². The van der Waals surface area contributed by atoms with E-state index in [1.165, 1.54) is 12.8 Å². The molecule has 1 saturated carbocycles. The van der Waals surface area contributed by atoms with Crippen LogP contribution in [0, 0.1) is 6.92 Å². The monoisotopic (exact) mass is 551 g/mol. The van der Waals surface area contributed by atoms with E-state index in [9.17, 15) is 9.59 Å². The van der Waals surface area contributed by atoms with Crippen LogP contribution >= 0.6 is 0 Å². The van der Waals surface area contributed by atoms with Gasteiger partial charge in [-0.05, 0) is 88.4 Å². The predicted octanol–water partition coefficient (Wildman–Crippen LogP) is 5.84. The molecule has 0 radical (unpaired) electrons. The lowest BCUT2D eigenvalue weighted by atomic mass is 9.92. The summed E-state index contributed by atoms with van der Waals surface area (Å²) in [5.41, 5.74) is 7.34. The number of Topliss-reactive ketones (excluding diaryl/α,β-unsaturated/α-hetero) is 1. The van der Waals surface area contributed by atoms with Crippen molar-refractivity contribution < 1.29 is 9.59 Å². The van der Waals surface area contributed by atoms with E-state index in [0.29, 0.717) is 17.6 Å². The molecule has 1 aromatic carbocycles. The number of anilines is 1. The Morgan fingerprint density at radius 3 is 2.44 bits per heavy atom. The number of carbonyl (C=O) groups is 2. The summed E-state index contributed by atoms with van der Waals surface area (Å²) in [5.74, 6) is 0.928. The Balaban J connectivity index is 1.30. The number of hydrogen-bond acceptors (Lipinski definition) is 5. The molecule has 1 saturated heterocycles. The van der Waals surface area contributed by atoms with Gasteiger partial charge in [0.25, 0.3) is 5.91 Å². The maximum Gasteiger partial charge on any atom is 0.252 e. The summed E-state index contributed by atoms with van der Waals surface area (Å²) in [6, 6.07) is 9.45. The van der Waals surface area contributed by atoms with Crippen LogP contribution in [-0.4, -0.2) is 64.9 Å². The first-order valence-electron chi connectivity index (χ1n) is 15.0. The second-order valence-electron chi connectivity index (χ2n) is 12.3. The number of rotatable bonds is 7. The molecule has 214 valence electrons. The number of nitrogens with one attached hydrogen (secondary N) is 1. The fourth-order valence-corrected chi connectivity index (χ4v) is 6.45. The molecule has 0 atom stereocenters. The highest BCUT2D eigenvalue weighted by molar-refractivity contribution is 6.10. The Kier molecular flexibility index (Phi) is 7.32. The zero-order chi connectivity index (χ0) is 28.8. The SMILES string of the molecule is CC1=CC(C)=C(CNC(=O)c2cc(-c3ccc(N4CCN(C5CC5)CC4)nc3)cc3c2c(C)cn3C(C)C)C(=O)C1. The zero-order valence-electron chi connectivity index (χ0n) is 25.0. The van der Waals surface area contributed by atoms with Crippen molar-refractivity contribution in [3.8, 4) is 11.1 Å². The number of carbonyl (C=O) groups excluding carboxylic acids is 2. The van der Waals surface area contributed by atoms with Gasteiger partial charge in [0.05, 0.1) is 0 Å². The van der Waals surface area contributed by atoms with E-state index in [-0.39, 0.29) is 24.3 Å². The minimum Gasteiger partial charge on any atom is -0.354 e. The predicted molar refractivity (Wildman–Crippen MR) is 166 cm³/mol. The number of amides is 1. The van der Waals surface area contributed by atoms with Gasteiger partial charge in [0.2, 0.25) is 0 Å². The molecule has 0 spiro atoms. The van der Waals surface area contributed by atoms with Gasteiger partial charge < -0.3 is 14.8 Å². The number of allylic oxidation sites excluding steroid dienone is 3. The highest BCUT2D eigenvalue weighted by Gasteiger charge is 2.31. The van der Waals surface area contributed by atoms with Crippen LogP contribution in [0.4, 0.5) is 5.82 Å². The Bertz CT molecular complexity index is 1560. The molecule has 2 fully saturated rings. The molecule has 2 aromatic heterocycles. The maximum atomic E-state index is 13.7. The second-order valence-corrected chi connectivity index (χ2v) is 12.3. The molecule has 7 nitrogen and oxygen atoms in total. The molecular formula is C34H41N5O2. The second kappa shape index (κ2) is 10.9. The minimum absolute atomic E-state index is 0.0870. The van der Waals surface area contributed by atoms with Crippen molar-refractivity contribution in [2.24, 2.45) is 0 Å². The fourth-order valence-electron chi connectivity index (χ4n) is 6.45. The van der Waals surface area contributed by atoms with Gasteiger partial charge in [0.15, 0.2) is 5.78 Å². The number of hydrogen-bond donors (Lipinski definition) is 1. The van der Waals surface area contributed by atoms with Crippen LogP contribution < -0.4 is 10.2 Å². The van der Waals surface area contributed by atoms with Gasteiger partial charge in [0.1, 0.15) is 5.82 Å². The molecule has 6 rings (SSSR count). The van der Waals surface area contributed by atoms with Crippen molar-refractivity contribution in [3.05, 3.63) is 70.6 Å². The highest BCUT2D eigenvalue weighted by atomic mass is 16.2. The quantitative estimate of drug-likeness (QED) is 0.399. The average molecular weight is 552 g/mol. The van der Waals surface area contributed by atoms with Gasteiger partial charge in [-0.1, -0.05) is 11.6 Å². The molecule has 1 amide bonds. The number of ketones is 1. The Morgan fingerprint density at radius 2 is 1.80 bits per heavy atom. The third-order valence-electron chi connectivity index (χ3n) is 8.85. The Labute approximate surface area is 242 Å². The molecule has 3 heterocycles. The fraction of sp³-hybridized carbons (Fsp3) is 0.441. The highest BCUT2D eigenvalue weighted by Crippen LogP contribution is 2.34. The van der Waals surface area contributed by atoms with Gasteiger partial charge in [0, 0.05) is 91.2 Å². The number of aryl methyl sites for hydroxylation is 1. The number of fused-ring (bicyclic) bond motifs is 1. The van der Waals surface area contributed by atoms with Gasteiger partial charge in [-0.15, -0.1) is 0 Å². The zero-order valence-corrected chi connectivity index (χ0v) is 25.0. The first-order chi connectivity index (χ1) is 19.7. The normalized spacial score (nSPS) is 18.4. The molecule has 1 aliphatic heterocycles. The first-order valence-corrected chi connectivity index (χ1v) is 15.0. The van der Waals surface area contributed by atoms with Crippen LogP contribution in [0.1, 0.15) is 68.9 Å². The number of benzene rings is 1. The number of nitrogens with zero attached hydrogens (tertiary/aromatic N) is 4. The van der Waals surface area contributed by atoms with E-state index in [2.05, 4.69) is 64.9 Å². The smallest absolute Gasteiger partial charge is 0.252 e. The molecule has 3 aliphatic rings. The topological polar surface area (TPSA) is 70.5 Å². The maximum absolute atomic E-state index is 13.7. The molecule has 0 unspecified atom stereocenters. The lowest BCUT2D eigenvalue weighted by Crippen LogP contribution is -2.47. The van der Waals surface area contributed by atoms with E-state index < -0.39 is 0 Å². The summed E-state index contributed by atoms with van der Waals surface area (Å²) in [6.45, 7) is 14.7. The molecular weight excluding hydrogens is 510 g/mol. The number of piperazine rings is 1. The standard InChI is InChI=1S/C34H41N5O2/c1-21(2)39-20-24(5)33-28(34(41)36-19-29-23(4)14-22(3)15-31(29)40)16-26(17-30(33)39)25-6-9-32(35-18-25)38-12-10-37(11-13-38)27-7-8-27/h6,9,14,16-18,20-21,27H,7-8,10-13,15,19H2,1-5H3,(H,36,41). The minimum atomic E-state index is -0.168. The Morgan fingerprint density at radius 1 is 1.05 bits per heavy atom. The number of aromatic nitrogens is 2. The largest absolute Gasteiger partial charge is 0.354 e. The van der Waals surface area contributed by atoms with Gasteiger partial charge in [-0.25, -0.2) is 4.98 Å². The van der Waals surface area contributed by atoms with Crippen LogP contribution in [0.25, 0.3) is 22.0 Å². The summed E-state index contributed by atoms with van der Waals surface area (Å²) in [4.78, 5) is 36.2. The lowest BCUT2D eigenvalue weighted by molar-refractivity contribution is -0.115. The van der Waals surface area contributed by atoms with Crippen LogP contribution in [-0.2, 0) is 4.79 Å². The van der Waals surface area contributed by atoms with Crippen LogP contribution in [0.5, 0.6) is 0 Å². The molecule has 1 N–H and O–H groups in total. The van der Waals surface area contributed by atoms with Gasteiger partial charge in [-0.2, -0.15) is 0 Å². The Hall–Kier alpha value is -3.71. The first kappa shape index (κ1) is 27.5. The molecule has 7 heteroatoms. The van der Waals surface area contributed by atoms with E-state index in [0.717, 1.165) is 76.8 Å². The van der Waals surface area contributed by atoms with Crippen LogP contribution in [0.2, 0.25) is 0 Å². The van der Waals surface area contributed by atoms with E-state index >= 15 is 0 Å². The third kappa shape index (κ3) is 5.47. The van der Waals surface area contributed by atoms with Crippen LogP contribution in [0.15, 0.2) is 59.5 Å². The van der Waals surface area contributed by atoms with Gasteiger partial charge >= 0.3 is 0 Å². The van der Waals surface area contributed by atoms with Crippen molar-refractivity contribution in [2.45, 2.75) is 66.0 Å². The van der Waals surface area contributed by atoms with Crippen molar-refractivity contribution in [3.63, 3.8) is 0 Å². The summed E-state index contributed by atoms with van der Waals surface area (Å²) < 4.78 is 2.23. The summed E-state index contributed by atoms with van der Waals surface area (Å²) >= 11 is 0. The lowest BCUT2D eigenvalue weighted by Gasteiger charge is -2.35. The summed E-state index contributed by atoms with van der Waals surface area (Å²) in [5, 5.41) is 4.02. The summed E-state index contributed by atoms with van der Waals surface area (Å²) in [6.07, 6.45) is 9.22. The molecule has 41 heavy (non-hydrogen) atoms. The summed E-state index contributed by atoms with van der Waals surface area (Å²) in [7, 11) is 0. The van der Waals surface area contributed by atoms with E-state index in [1.54, 1.807) is 0 Å². The molecule has 2 aliphatic carbocycles. The van der Waals surface area contributed by atoms with Crippen molar-refractivity contribution >= 4 is 28.4 Å². The molecule has 3 aromatic rings. The van der Waals surface area contributed by atoms with E-state index in [4.69, 9.17) is 4.98 Å².